The zero-order valence-corrected chi connectivity index (χ0v) is 14.3. The number of rotatable bonds is 4. The molecule has 1 heterocycles. The number of halogens is 1. The van der Waals surface area contributed by atoms with Crippen LogP contribution in [0.15, 0.2) is 36.4 Å². The number of carbonyl (C=O) groups is 1. The number of methoxy groups -OCH3 is 2. The minimum Gasteiger partial charge on any atom is -0.497 e. The second-order valence-corrected chi connectivity index (χ2v) is 5.77. The molecule has 0 fully saturated rings. The van der Waals surface area contributed by atoms with E-state index in [1.807, 2.05) is 19.1 Å². The SMILES string of the molecule is COc1ccc(OC)c(NC(=O)c2[nH]c3ccc(Cl)cc3c2C)c1. The molecule has 0 atom stereocenters. The smallest absolute Gasteiger partial charge is 0.272 e. The fourth-order valence-electron chi connectivity index (χ4n) is 2.62. The van der Waals surface area contributed by atoms with E-state index < -0.39 is 0 Å². The topological polar surface area (TPSA) is 63.4 Å². The van der Waals surface area contributed by atoms with Gasteiger partial charge in [-0.1, -0.05) is 11.6 Å². The van der Waals surface area contributed by atoms with Gasteiger partial charge in [0.15, 0.2) is 0 Å². The number of hydrogen-bond donors (Lipinski definition) is 2. The molecule has 0 aliphatic heterocycles. The average molecular weight is 345 g/mol. The van der Waals surface area contributed by atoms with Crippen molar-refractivity contribution in [3.63, 3.8) is 0 Å². The maximum absolute atomic E-state index is 12.7. The van der Waals surface area contributed by atoms with E-state index in [0.29, 0.717) is 27.9 Å². The quantitative estimate of drug-likeness (QED) is 0.737. The lowest BCUT2D eigenvalue weighted by atomic mass is 10.1. The summed E-state index contributed by atoms with van der Waals surface area (Å²) in [5, 5.41) is 4.41. The molecule has 0 saturated carbocycles. The van der Waals surface area contributed by atoms with Crippen LogP contribution in [0, 0.1) is 6.92 Å². The number of aromatic amines is 1. The van der Waals surface area contributed by atoms with Gasteiger partial charge in [0.1, 0.15) is 17.2 Å². The van der Waals surface area contributed by atoms with Crippen LogP contribution in [0.5, 0.6) is 11.5 Å². The van der Waals surface area contributed by atoms with Crippen molar-refractivity contribution in [2.24, 2.45) is 0 Å². The van der Waals surface area contributed by atoms with E-state index in [4.69, 9.17) is 21.1 Å². The lowest BCUT2D eigenvalue weighted by Gasteiger charge is -2.11. The molecule has 2 aromatic carbocycles. The zero-order chi connectivity index (χ0) is 17.3. The molecule has 0 unspecified atom stereocenters. The fraction of sp³-hybridized carbons (Fsp3) is 0.167. The van der Waals surface area contributed by atoms with Gasteiger partial charge in [-0.25, -0.2) is 0 Å². The highest BCUT2D eigenvalue weighted by molar-refractivity contribution is 6.31. The van der Waals surface area contributed by atoms with E-state index in [2.05, 4.69) is 10.3 Å². The Morgan fingerprint density at radius 1 is 1.12 bits per heavy atom. The average Bonchev–Trinajstić information content (AvgIpc) is 2.91. The highest BCUT2D eigenvalue weighted by atomic mass is 35.5. The third kappa shape index (κ3) is 2.90. The minimum atomic E-state index is -0.258. The van der Waals surface area contributed by atoms with Crippen molar-refractivity contribution in [3.8, 4) is 11.5 Å². The fourth-order valence-corrected chi connectivity index (χ4v) is 2.79. The Labute approximate surface area is 144 Å². The van der Waals surface area contributed by atoms with Crippen LogP contribution < -0.4 is 14.8 Å². The molecule has 3 aromatic rings. The summed E-state index contributed by atoms with van der Waals surface area (Å²) in [7, 11) is 3.12. The number of H-pyrrole nitrogens is 1. The van der Waals surface area contributed by atoms with Crippen LogP contribution in [0.1, 0.15) is 16.1 Å². The Bertz CT molecular complexity index is 918. The highest BCUT2D eigenvalue weighted by Gasteiger charge is 2.17. The molecule has 24 heavy (non-hydrogen) atoms. The van der Waals surface area contributed by atoms with E-state index in [-0.39, 0.29) is 5.91 Å². The normalized spacial score (nSPS) is 10.7. The molecule has 0 bridgehead atoms. The van der Waals surface area contributed by atoms with Crippen molar-refractivity contribution in [2.45, 2.75) is 6.92 Å². The standard InChI is InChI=1S/C18H17ClN2O3/c1-10-13-8-11(19)4-6-14(13)20-17(10)18(22)21-15-9-12(23-2)5-7-16(15)24-3/h4-9,20H,1-3H3,(H,21,22). The van der Waals surface area contributed by atoms with Gasteiger partial charge in [0.2, 0.25) is 0 Å². The Hall–Kier alpha value is -2.66. The third-order valence-electron chi connectivity index (χ3n) is 3.90. The number of benzene rings is 2. The second kappa shape index (κ2) is 6.45. The van der Waals surface area contributed by atoms with Gasteiger partial charge in [0.05, 0.1) is 19.9 Å². The zero-order valence-electron chi connectivity index (χ0n) is 13.6. The largest absolute Gasteiger partial charge is 0.497 e. The summed E-state index contributed by atoms with van der Waals surface area (Å²) in [5.74, 6) is 0.929. The first-order chi connectivity index (χ1) is 11.5. The minimum absolute atomic E-state index is 0.258. The van der Waals surface area contributed by atoms with E-state index in [0.717, 1.165) is 16.5 Å². The van der Waals surface area contributed by atoms with Gasteiger partial charge in [-0.3, -0.25) is 4.79 Å². The van der Waals surface area contributed by atoms with Crippen molar-refractivity contribution < 1.29 is 14.3 Å². The Balaban J connectivity index is 1.97. The Kier molecular flexibility index (Phi) is 4.36. The molecule has 124 valence electrons. The first-order valence-corrected chi connectivity index (χ1v) is 7.72. The number of carbonyl (C=O) groups excluding carboxylic acids is 1. The van der Waals surface area contributed by atoms with Crippen LogP contribution in [-0.4, -0.2) is 25.1 Å². The summed E-state index contributed by atoms with van der Waals surface area (Å²) in [6, 6.07) is 10.7. The van der Waals surface area contributed by atoms with Crippen LogP contribution in [0.2, 0.25) is 5.02 Å². The van der Waals surface area contributed by atoms with Crippen LogP contribution >= 0.6 is 11.6 Å². The van der Waals surface area contributed by atoms with Crippen LogP contribution in [0.25, 0.3) is 10.9 Å². The lowest BCUT2D eigenvalue weighted by molar-refractivity contribution is 0.102. The van der Waals surface area contributed by atoms with Crippen LogP contribution in [-0.2, 0) is 0 Å². The molecule has 0 saturated heterocycles. The van der Waals surface area contributed by atoms with Crippen LogP contribution in [0.3, 0.4) is 0 Å². The van der Waals surface area contributed by atoms with E-state index in [9.17, 15) is 4.79 Å². The summed E-state index contributed by atoms with van der Waals surface area (Å²) < 4.78 is 10.5. The maximum atomic E-state index is 12.7. The molecular weight excluding hydrogens is 328 g/mol. The van der Waals surface area contributed by atoms with Gasteiger partial charge in [-0.15, -0.1) is 0 Å². The summed E-state index contributed by atoms with van der Waals surface area (Å²) in [6.45, 7) is 1.88. The number of anilines is 1. The maximum Gasteiger partial charge on any atom is 0.272 e. The molecule has 2 N–H and O–H groups in total. The molecule has 3 rings (SSSR count). The first kappa shape index (κ1) is 16.2. The van der Waals surface area contributed by atoms with E-state index in [1.165, 1.54) is 0 Å². The molecule has 0 aliphatic rings. The molecule has 0 spiro atoms. The summed E-state index contributed by atoms with van der Waals surface area (Å²) in [4.78, 5) is 15.8. The molecule has 0 aliphatic carbocycles. The summed E-state index contributed by atoms with van der Waals surface area (Å²) >= 11 is 6.04. The van der Waals surface area contributed by atoms with E-state index >= 15 is 0 Å². The number of aryl methyl sites for hydroxylation is 1. The number of aromatic nitrogens is 1. The molecule has 1 amide bonds. The van der Waals surface area contributed by atoms with Gasteiger partial charge in [-0.2, -0.15) is 0 Å². The van der Waals surface area contributed by atoms with Gasteiger partial charge in [0.25, 0.3) is 5.91 Å². The number of nitrogens with one attached hydrogen (secondary N) is 2. The van der Waals surface area contributed by atoms with Gasteiger partial charge in [-0.05, 0) is 42.8 Å². The summed E-state index contributed by atoms with van der Waals surface area (Å²) in [5.41, 5.74) is 2.72. The van der Waals surface area contributed by atoms with Gasteiger partial charge in [0, 0.05) is 22.0 Å². The number of ether oxygens (including phenoxy) is 2. The Morgan fingerprint density at radius 2 is 1.92 bits per heavy atom. The van der Waals surface area contributed by atoms with Crippen molar-refractivity contribution in [3.05, 3.63) is 52.7 Å². The van der Waals surface area contributed by atoms with Crippen molar-refractivity contribution >= 4 is 34.1 Å². The van der Waals surface area contributed by atoms with E-state index in [1.54, 1.807) is 38.5 Å². The predicted molar refractivity (Wildman–Crippen MR) is 95.5 cm³/mol. The highest BCUT2D eigenvalue weighted by Crippen LogP contribution is 2.30. The Morgan fingerprint density at radius 3 is 2.62 bits per heavy atom. The molecule has 5 nitrogen and oxygen atoms in total. The number of fused-ring (bicyclic) bond motifs is 1. The van der Waals surface area contributed by atoms with Gasteiger partial charge < -0.3 is 19.8 Å². The van der Waals surface area contributed by atoms with Crippen molar-refractivity contribution in [1.82, 2.24) is 4.98 Å². The second-order valence-electron chi connectivity index (χ2n) is 5.34. The monoisotopic (exact) mass is 344 g/mol. The van der Waals surface area contributed by atoms with Gasteiger partial charge >= 0.3 is 0 Å². The molecule has 1 aromatic heterocycles. The molecule has 6 heteroatoms. The third-order valence-corrected chi connectivity index (χ3v) is 4.14. The van der Waals surface area contributed by atoms with Crippen molar-refractivity contribution in [2.75, 3.05) is 19.5 Å². The summed E-state index contributed by atoms with van der Waals surface area (Å²) in [6.07, 6.45) is 0. The predicted octanol–water partition coefficient (Wildman–Crippen LogP) is 4.40. The molecule has 0 radical (unpaired) electrons. The van der Waals surface area contributed by atoms with Crippen LogP contribution in [0.4, 0.5) is 5.69 Å². The van der Waals surface area contributed by atoms with Crippen molar-refractivity contribution in [1.29, 1.82) is 0 Å². The first-order valence-electron chi connectivity index (χ1n) is 7.34. The number of hydrogen-bond acceptors (Lipinski definition) is 3. The lowest BCUT2D eigenvalue weighted by Crippen LogP contribution is -2.14. The molecular formula is C18H17ClN2O3. The number of amides is 1.